The first kappa shape index (κ1) is 12.9. The van der Waals surface area contributed by atoms with Gasteiger partial charge in [0.2, 0.25) is 5.91 Å². The monoisotopic (exact) mass is 253 g/mol. The minimum Gasteiger partial charge on any atom is -0.353 e. The molecule has 2 fully saturated rings. The molecule has 1 saturated carbocycles. The van der Waals surface area contributed by atoms with Crippen LogP contribution in [0.2, 0.25) is 0 Å². The Balaban J connectivity index is 1.87. The Hall–Kier alpha value is -1.59. The van der Waals surface area contributed by atoms with Crippen molar-refractivity contribution >= 4 is 17.7 Å². The lowest BCUT2D eigenvalue weighted by Crippen LogP contribution is -2.49. The van der Waals surface area contributed by atoms with Crippen molar-refractivity contribution in [2.75, 3.05) is 0 Å². The number of hydrogen-bond donors (Lipinski definition) is 3. The zero-order valence-corrected chi connectivity index (χ0v) is 10.7. The van der Waals surface area contributed by atoms with Crippen molar-refractivity contribution < 1.29 is 14.4 Å². The first-order valence-corrected chi connectivity index (χ1v) is 6.35. The van der Waals surface area contributed by atoms with Gasteiger partial charge in [0.15, 0.2) is 0 Å². The predicted octanol–water partition coefficient (Wildman–Crippen LogP) is -0.0698. The summed E-state index contributed by atoms with van der Waals surface area (Å²) in [6.07, 6.45) is 2.40. The molecule has 6 nitrogen and oxygen atoms in total. The number of ketones is 1. The van der Waals surface area contributed by atoms with E-state index in [0.29, 0.717) is 0 Å². The van der Waals surface area contributed by atoms with E-state index < -0.39 is 5.92 Å². The van der Waals surface area contributed by atoms with Crippen LogP contribution in [-0.4, -0.2) is 35.8 Å². The molecule has 0 radical (unpaired) electrons. The van der Waals surface area contributed by atoms with E-state index in [0.717, 1.165) is 19.3 Å². The summed E-state index contributed by atoms with van der Waals surface area (Å²) in [6, 6.07) is 0.176. The molecule has 0 aromatic rings. The molecule has 2 aliphatic rings. The summed E-state index contributed by atoms with van der Waals surface area (Å²) in [5.41, 5.74) is 0. The molecule has 1 aliphatic carbocycles. The van der Waals surface area contributed by atoms with Gasteiger partial charge in [-0.3, -0.25) is 9.59 Å². The number of Topliss-reactive ketones (excluding diaryl/α,β-unsaturated/α-hetero) is 1. The molecule has 4 atom stereocenters. The quantitative estimate of drug-likeness (QED) is 0.615. The molecule has 6 heteroatoms. The molecule has 0 bridgehead atoms. The van der Waals surface area contributed by atoms with Crippen LogP contribution in [0, 0.1) is 5.92 Å². The summed E-state index contributed by atoms with van der Waals surface area (Å²) in [5, 5.41) is 8.59. The third-order valence-corrected chi connectivity index (χ3v) is 3.83. The fraction of sp³-hybridized carbons (Fsp3) is 0.750. The van der Waals surface area contributed by atoms with Crippen LogP contribution in [0.15, 0.2) is 0 Å². The highest BCUT2D eigenvalue weighted by molar-refractivity contribution is 5.99. The van der Waals surface area contributed by atoms with Gasteiger partial charge >= 0.3 is 6.03 Å². The maximum Gasteiger partial charge on any atom is 0.315 e. The van der Waals surface area contributed by atoms with Crippen molar-refractivity contribution in [2.45, 2.75) is 51.2 Å². The van der Waals surface area contributed by atoms with Gasteiger partial charge in [0.05, 0.1) is 18.0 Å². The van der Waals surface area contributed by atoms with Crippen molar-refractivity contribution in [3.05, 3.63) is 0 Å². The summed E-state index contributed by atoms with van der Waals surface area (Å²) in [7, 11) is 0. The highest BCUT2D eigenvalue weighted by atomic mass is 16.2. The van der Waals surface area contributed by atoms with Gasteiger partial charge in [-0.1, -0.05) is 0 Å². The number of carbonyl (C=O) groups excluding carboxylic acids is 3. The second-order valence-electron chi connectivity index (χ2n) is 5.18. The number of amides is 3. The van der Waals surface area contributed by atoms with Crippen LogP contribution in [0.4, 0.5) is 4.79 Å². The molecular formula is C12H19N3O3. The average molecular weight is 253 g/mol. The van der Waals surface area contributed by atoms with Crippen molar-refractivity contribution in [1.82, 2.24) is 16.0 Å². The van der Waals surface area contributed by atoms with E-state index in [1.807, 2.05) is 0 Å². The summed E-state index contributed by atoms with van der Waals surface area (Å²) >= 11 is 0. The van der Waals surface area contributed by atoms with Crippen molar-refractivity contribution in [2.24, 2.45) is 5.92 Å². The summed E-state index contributed by atoms with van der Waals surface area (Å²) in [6.45, 7) is 3.03. The van der Waals surface area contributed by atoms with Gasteiger partial charge in [-0.2, -0.15) is 0 Å². The summed E-state index contributed by atoms with van der Waals surface area (Å²) < 4.78 is 0. The molecule has 100 valence electrons. The number of nitrogens with one attached hydrogen (secondary N) is 3. The zero-order chi connectivity index (χ0) is 13.3. The number of carbonyl (C=O) groups is 3. The summed E-state index contributed by atoms with van der Waals surface area (Å²) in [5.74, 6) is -0.945. The van der Waals surface area contributed by atoms with E-state index in [1.54, 1.807) is 6.92 Å². The molecule has 0 aromatic carbocycles. The highest BCUT2D eigenvalue weighted by Gasteiger charge is 2.37. The lowest BCUT2D eigenvalue weighted by molar-refractivity contribution is -0.132. The van der Waals surface area contributed by atoms with E-state index in [1.165, 1.54) is 6.92 Å². The second-order valence-corrected chi connectivity index (χ2v) is 5.18. The molecule has 4 unspecified atom stereocenters. The van der Waals surface area contributed by atoms with Crippen LogP contribution in [0.5, 0.6) is 0 Å². The summed E-state index contributed by atoms with van der Waals surface area (Å²) in [4.78, 5) is 34.1. The van der Waals surface area contributed by atoms with Gasteiger partial charge in [-0.25, -0.2) is 4.79 Å². The van der Waals surface area contributed by atoms with Crippen molar-refractivity contribution in [1.29, 1.82) is 0 Å². The molecule has 3 amide bonds. The Morgan fingerprint density at radius 2 is 1.94 bits per heavy atom. The fourth-order valence-electron chi connectivity index (χ4n) is 2.52. The van der Waals surface area contributed by atoms with Crippen LogP contribution in [0.3, 0.4) is 0 Å². The Bertz CT molecular complexity index is 383. The molecule has 18 heavy (non-hydrogen) atoms. The first-order valence-electron chi connectivity index (χ1n) is 6.35. The maximum absolute atomic E-state index is 11.8. The minimum absolute atomic E-state index is 0.0424. The Kier molecular flexibility index (Phi) is 3.54. The van der Waals surface area contributed by atoms with E-state index in [-0.39, 0.29) is 35.8 Å². The number of urea groups is 1. The van der Waals surface area contributed by atoms with Gasteiger partial charge in [-0.15, -0.1) is 0 Å². The normalized spacial score (nSPS) is 31.9. The number of hydrogen-bond acceptors (Lipinski definition) is 3. The third kappa shape index (κ3) is 2.63. The van der Waals surface area contributed by atoms with Crippen LogP contribution in [-0.2, 0) is 9.59 Å². The largest absolute Gasteiger partial charge is 0.353 e. The first-order chi connectivity index (χ1) is 8.47. The van der Waals surface area contributed by atoms with E-state index >= 15 is 0 Å². The second kappa shape index (κ2) is 4.96. The molecule has 0 aromatic heterocycles. The molecule has 3 N–H and O–H groups in total. The molecule has 1 heterocycles. The standard InChI is InChI=1S/C12H19N3O3/c1-6(7(2)16)11(17)13-8-3-4-9-10(5-8)15-12(18)14-9/h6,8-10H,3-5H2,1-2H3,(H,13,17)(H2,14,15,18). The fourth-order valence-corrected chi connectivity index (χ4v) is 2.52. The smallest absolute Gasteiger partial charge is 0.315 e. The van der Waals surface area contributed by atoms with Gasteiger partial charge in [-0.05, 0) is 33.1 Å². The van der Waals surface area contributed by atoms with E-state index in [2.05, 4.69) is 16.0 Å². The van der Waals surface area contributed by atoms with Gasteiger partial charge < -0.3 is 16.0 Å². The maximum atomic E-state index is 11.8. The number of rotatable bonds is 3. The zero-order valence-electron chi connectivity index (χ0n) is 10.7. The van der Waals surface area contributed by atoms with Crippen LogP contribution in [0.25, 0.3) is 0 Å². The van der Waals surface area contributed by atoms with Crippen LogP contribution in [0.1, 0.15) is 33.1 Å². The Morgan fingerprint density at radius 1 is 1.28 bits per heavy atom. The van der Waals surface area contributed by atoms with Crippen molar-refractivity contribution in [3.63, 3.8) is 0 Å². The highest BCUT2D eigenvalue weighted by Crippen LogP contribution is 2.22. The lowest BCUT2D eigenvalue weighted by atomic mass is 9.87. The molecule has 1 saturated heterocycles. The molecular weight excluding hydrogens is 234 g/mol. The van der Waals surface area contributed by atoms with E-state index in [4.69, 9.17) is 0 Å². The number of fused-ring (bicyclic) bond motifs is 1. The molecule has 2 rings (SSSR count). The van der Waals surface area contributed by atoms with Crippen LogP contribution >= 0.6 is 0 Å². The Morgan fingerprint density at radius 3 is 2.61 bits per heavy atom. The minimum atomic E-state index is -0.598. The Labute approximate surface area is 106 Å². The average Bonchev–Trinajstić information content (AvgIpc) is 2.67. The molecule has 0 spiro atoms. The van der Waals surface area contributed by atoms with Crippen LogP contribution < -0.4 is 16.0 Å². The van der Waals surface area contributed by atoms with Crippen molar-refractivity contribution in [3.8, 4) is 0 Å². The predicted molar refractivity (Wildman–Crippen MR) is 64.9 cm³/mol. The van der Waals surface area contributed by atoms with Gasteiger partial charge in [0.1, 0.15) is 5.78 Å². The molecule has 1 aliphatic heterocycles. The van der Waals surface area contributed by atoms with Gasteiger partial charge in [0.25, 0.3) is 0 Å². The third-order valence-electron chi connectivity index (χ3n) is 3.83. The SMILES string of the molecule is CC(=O)C(C)C(=O)NC1CCC2NC(=O)NC2C1. The topological polar surface area (TPSA) is 87.3 Å². The van der Waals surface area contributed by atoms with E-state index in [9.17, 15) is 14.4 Å². The lowest BCUT2D eigenvalue weighted by Gasteiger charge is -2.31. The van der Waals surface area contributed by atoms with Gasteiger partial charge in [0, 0.05) is 6.04 Å².